The molecule has 13 heavy (non-hydrogen) atoms. The summed E-state index contributed by atoms with van der Waals surface area (Å²) in [7, 11) is 0. The first-order chi connectivity index (χ1) is 5.75. The number of hydrogen-bond donors (Lipinski definition) is 2. The molecule has 3 heteroatoms. The van der Waals surface area contributed by atoms with Gasteiger partial charge >= 0.3 is 0 Å². The number of nitrogens with two attached hydrogens (primary N) is 1. The molecule has 0 aliphatic carbocycles. The monoisotopic (exact) mass is 201 g/mol. The van der Waals surface area contributed by atoms with Gasteiger partial charge in [0.1, 0.15) is 0 Å². The third kappa shape index (κ3) is 3.35. The molecule has 3 N–H and O–H groups in total. The molecule has 0 bridgehead atoms. The highest BCUT2D eigenvalue weighted by molar-refractivity contribution is 5.85. The van der Waals surface area contributed by atoms with E-state index >= 15 is 0 Å². The minimum atomic E-state index is -0.0313. The van der Waals surface area contributed by atoms with Gasteiger partial charge in [-0.2, -0.15) is 0 Å². The second kappa shape index (κ2) is 5.97. The van der Waals surface area contributed by atoms with Crippen LogP contribution in [0.15, 0.2) is 24.3 Å². The number of benzene rings is 1. The summed E-state index contributed by atoms with van der Waals surface area (Å²) in [5.74, 6) is 0. The van der Waals surface area contributed by atoms with Crippen LogP contribution in [-0.4, -0.2) is 11.7 Å². The zero-order valence-electron chi connectivity index (χ0n) is 7.73. The molecule has 0 spiro atoms. The first-order valence-electron chi connectivity index (χ1n) is 4.17. The minimum Gasteiger partial charge on any atom is -0.396 e. The van der Waals surface area contributed by atoms with Crippen molar-refractivity contribution in [3.63, 3.8) is 0 Å². The van der Waals surface area contributed by atoms with Gasteiger partial charge in [-0.05, 0) is 24.5 Å². The van der Waals surface area contributed by atoms with E-state index < -0.39 is 0 Å². The second-order valence-corrected chi connectivity index (χ2v) is 2.98. The van der Waals surface area contributed by atoms with Crippen LogP contribution in [0, 0.1) is 6.92 Å². The van der Waals surface area contributed by atoms with E-state index in [2.05, 4.69) is 0 Å². The Morgan fingerprint density at radius 1 is 1.38 bits per heavy atom. The molecular weight excluding hydrogens is 186 g/mol. The van der Waals surface area contributed by atoms with Crippen molar-refractivity contribution in [1.29, 1.82) is 0 Å². The zero-order valence-corrected chi connectivity index (χ0v) is 8.55. The van der Waals surface area contributed by atoms with E-state index in [0.717, 1.165) is 5.56 Å². The van der Waals surface area contributed by atoms with Gasteiger partial charge in [0.2, 0.25) is 0 Å². The van der Waals surface area contributed by atoms with Crippen LogP contribution in [0.1, 0.15) is 23.6 Å². The fraction of sp³-hybridized carbons (Fsp3) is 0.400. The number of aryl methyl sites for hydroxylation is 1. The maximum atomic E-state index is 8.71. The molecule has 0 saturated heterocycles. The Bertz CT molecular complexity index is 252. The SMILES string of the molecule is Cc1ccccc1C(N)CCO.Cl. The largest absolute Gasteiger partial charge is 0.396 e. The van der Waals surface area contributed by atoms with Crippen LogP contribution in [0.4, 0.5) is 0 Å². The highest BCUT2D eigenvalue weighted by Crippen LogP contribution is 2.17. The third-order valence-corrected chi connectivity index (χ3v) is 2.03. The summed E-state index contributed by atoms with van der Waals surface area (Å²) in [6.07, 6.45) is 0.630. The summed E-state index contributed by atoms with van der Waals surface area (Å²) >= 11 is 0. The lowest BCUT2D eigenvalue weighted by molar-refractivity contribution is 0.276. The van der Waals surface area contributed by atoms with Crippen LogP contribution in [0.25, 0.3) is 0 Å². The molecule has 0 aliphatic rings. The van der Waals surface area contributed by atoms with Crippen molar-refractivity contribution in [2.45, 2.75) is 19.4 Å². The van der Waals surface area contributed by atoms with Crippen LogP contribution in [0.2, 0.25) is 0 Å². The molecule has 1 aromatic carbocycles. The number of aliphatic hydroxyl groups is 1. The lowest BCUT2D eigenvalue weighted by Gasteiger charge is -2.12. The molecule has 74 valence electrons. The predicted octanol–water partition coefficient (Wildman–Crippen LogP) is 1.80. The first kappa shape index (κ1) is 12.4. The molecule has 1 atom stereocenters. The second-order valence-electron chi connectivity index (χ2n) is 2.98. The van der Waals surface area contributed by atoms with Crippen molar-refractivity contribution in [2.75, 3.05) is 6.61 Å². The van der Waals surface area contributed by atoms with Crippen LogP contribution in [-0.2, 0) is 0 Å². The summed E-state index contributed by atoms with van der Waals surface area (Å²) in [6.45, 7) is 2.18. The van der Waals surface area contributed by atoms with E-state index in [0.29, 0.717) is 6.42 Å². The molecule has 0 amide bonds. The average Bonchev–Trinajstić information content (AvgIpc) is 2.05. The van der Waals surface area contributed by atoms with Gasteiger partial charge in [0.15, 0.2) is 0 Å². The molecule has 0 fully saturated rings. The van der Waals surface area contributed by atoms with E-state index in [1.165, 1.54) is 5.56 Å². The Morgan fingerprint density at radius 2 is 2.00 bits per heavy atom. The number of aliphatic hydroxyl groups excluding tert-OH is 1. The smallest absolute Gasteiger partial charge is 0.0449 e. The average molecular weight is 202 g/mol. The van der Waals surface area contributed by atoms with Crippen molar-refractivity contribution >= 4 is 12.4 Å². The number of halogens is 1. The van der Waals surface area contributed by atoms with Crippen molar-refractivity contribution in [3.8, 4) is 0 Å². The number of rotatable bonds is 3. The molecule has 1 aromatic rings. The quantitative estimate of drug-likeness (QED) is 0.784. The van der Waals surface area contributed by atoms with Crippen LogP contribution in [0.3, 0.4) is 0 Å². The van der Waals surface area contributed by atoms with E-state index in [1.807, 2.05) is 31.2 Å². The normalized spacial score (nSPS) is 11.9. The van der Waals surface area contributed by atoms with Crippen molar-refractivity contribution < 1.29 is 5.11 Å². The maximum Gasteiger partial charge on any atom is 0.0449 e. The number of hydrogen-bond acceptors (Lipinski definition) is 2. The van der Waals surface area contributed by atoms with Gasteiger partial charge in [-0.1, -0.05) is 24.3 Å². The Morgan fingerprint density at radius 3 is 2.54 bits per heavy atom. The summed E-state index contributed by atoms with van der Waals surface area (Å²) in [4.78, 5) is 0. The standard InChI is InChI=1S/C10H15NO.ClH/c1-8-4-2-3-5-9(8)10(11)6-7-12;/h2-5,10,12H,6-7,11H2,1H3;1H. The highest BCUT2D eigenvalue weighted by Gasteiger charge is 2.06. The van der Waals surface area contributed by atoms with Gasteiger partial charge in [-0.15, -0.1) is 12.4 Å². The van der Waals surface area contributed by atoms with Crippen molar-refractivity contribution in [3.05, 3.63) is 35.4 Å². The summed E-state index contributed by atoms with van der Waals surface area (Å²) in [5.41, 5.74) is 8.17. The van der Waals surface area contributed by atoms with Crippen molar-refractivity contribution in [2.24, 2.45) is 5.73 Å². The highest BCUT2D eigenvalue weighted by atomic mass is 35.5. The molecule has 0 radical (unpaired) electrons. The van der Waals surface area contributed by atoms with E-state index in [1.54, 1.807) is 0 Å². The van der Waals surface area contributed by atoms with Gasteiger partial charge in [0, 0.05) is 12.6 Å². The minimum absolute atomic E-state index is 0. The molecule has 0 aliphatic heterocycles. The van der Waals surface area contributed by atoms with Gasteiger partial charge in [0.25, 0.3) is 0 Å². The zero-order chi connectivity index (χ0) is 8.97. The van der Waals surface area contributed by atoms with Crippen LogP contribution < -0.4 is 5.73 Å². The Kier molecular flexibility index (Phi) is 5.71. The van der Waals surface area contributed by atoms with Crippen LogP contribution >= 0.6 is 12.4 Å². The molecule has 1 rings (SSSR count). The Balaban J connectivity index is 0.00000144. The lowest BCUT2D eigenvalue weighted by Crippen LogP contribution is -2.12. The summed E-state index contributed by atoms with van der Waals surface area (Å²) < 4.78 is 0. The molecule has 2 nitrogen and oxygen atoms in total. The van der Waals surface area contributed by atoms with E-state index in [-0.39, 0.29) is 25.1 Å². The van der Waals surface area contributed by atoms with E-state index in [4.69, 9.17) is 10.8 Å². The molecule has 0 aromatic heterocycles. The van der Waals surface area contributed by atoms with Gasteiger partial charge in [-0.3, -0.25) is 0 Å². The summed E-state index contributed by atoms with van der Waals surface area (Å²) in [6, 6.07) is 7.97. The Labute approximate surface area is 85.2 Å². The summed E-state index contributed by atoms with van der Waals surface area (Å²) in [5, 5.41) is 8.71. The van der Waals surface area contributed by atoms with Gasteiger partial charge in [-0.25, -0.2) is 0 Å². The fourth-order valence-corrected chi connectivity index (χ4v) is 1.30. The molecular formula is C10H16ClNO. The topological polar surface area (TPSA) is 46.2 Å². The third-order valence-electron chi connectivity index (χ3n) is 2.03. The first-order valence-corrected chi connectivity index (χ1v) is 4.17. The molecule has 1 unspecified atom stereocenters. The van der Waals surface area contributed by atoms with Gasteiger partial charge in [0.05, 0.1) is 0 Å². The van der Waals surface area contributed by atoms with E-state index in [9.17, 15) is 0 Å². The fourth-order valence-electron chi connectivity index (χ4n) is 1.30. The van der Waals surface area contributed by atoms with Gasteiger partial charge < -0.3 is 10.8 Å². The predicted molar refractivity (Wildman–Crippen MR) is 57.1 cm³/mol. The Hall–Kier alpha value is -0.570. The molecule has 0 saturated carbocycles. The molecule has 0 heterocycles. The lowest BCUT2D eigenvalue weighted by atomic mass is 10.0. The van der Waals surface area contributed by atoms with Crippen molar-refractivity contribution in [1.82, 2.24) is 0 Å². The maximum absolute atomic E-state index is 8.71. The van der Waals surface area contributed by atoms with Crippen LogP contribution in [0.5, 0.6) is 0 Å².